The highest BCUT2D eigenvalue weighted by Gasteiger charge is 2.11. The predicted molar refractivity (Wildman–Crippen MR) is 106 cm³/mol. The Labute approximate surface area is 174 Å². The van der Waals surface area contributed by atoms with Crippen molar-refractivity contribution in [2.75, 3.05) is 7.11 Å². The van der Waals surface area contributed by atoms with Crippen molar-refractivity contribution in [1.29, 1.82) is 0 Å². The number of rotatable bonds is 8. The predicted octanol–water partition coefficient (Wildman–Crippen LogP) is 5.32. The Morgan fingerprint density at radius 3 is 2.63 bits per heavy atom. The van der Waals surface area contributed by atoms with Crippen LogP contribution in [0.1, 0.15) is 11.3 Å². The number of carbonyl (C=O) groups excluding carboxylic acids is 1. The molecule has 0 N–H and O–H groups in total. The molecule has 30 heavy (non-hydrogen) atoms. The van der Waals surface area contributed by atoms with E-state index < -0.39 is 12.6 Å². The van der Waals surface area contributed by atoms with Crippen LogP contribution >= 0.6 is 11.3 Å². The second-order valence-electron chi connectivity index (χ2n) is 5.88. The monoisotopic (exact) mass is 435 g/mol. The van der Waals surface area contributed by atoms with E-state index in [0.717, 1.165) is 5.56 Å². The number of halogens is 3. The normalized spacial score (nSPS) is 11.1. The van der Waals surface area contributed by atoms with Crippen molar-refractivity contribution >= 4 is 23.4 Å². The molecule has 5 nitrogen and oxygen atoms in total. The van der Waals surface area contributed by atoms with Gasteiger partial charge in [-0.2, -0.15) is 8.78 Å². The first-order valence-electron chi connectivity index (χ1n) is 8.62. The third kappa shape index (κ3) is 5.84. The molecule has 9 heteroatoms. The van der Waals surface area contributed by atoms with Crippen LogP contribution in [-0.2, 0) is 16.1 Å². The SMILES string of the molecule is COc1cc(/C=C/C(=O)OCc2csc(-c3ccc(F)cc3)n2)ccc1OC(F)F. The minimum atomic E-state index is -2.97. The molecule has 3 rings (SSSR count). The minimum absolute atomic E-state index is 0.0225. The molecule has 0 fully saturated rings. The first-order valence-corrected chi connectivity index (χ1v) is 9.50. The zero-order valence-electron chi connectivity index (χ0n) is 15.7. The van der Waals surface area contributed by atoms with Crippen molar-refractivity contribution in [1.82, 2.24) is 4.98 Å². The molecule has 0 aliphatic carbocycles. The quantitative estimate of drug-likeness (QED) is 0.354. The van der Waals surface area contributed by atoms with E-state index in [0.29, 0.717) is 16.3 Å². The molecule has 1 aromatic heterocycles. The Hall–Kier alpha value is -3.33. The largest absolute Gasteiger partial charge is 0.493 e. The van der Waals surface area contributed by atoms with Crippen molar-refractivity contribution < 1.29 is 32.2 Å². The third-order valence-electron chi connectivity index (χ3n) is 3.82. The fraction of sp³-hybridized carbons (Fsp3) is 0.143. The molecule has 0 atom stereocenters. The number of esters is 1. The number of alkyl halides is 2. The molecular formula is C21H16F3NO4S. The summed E-state index contributed by atoms with van der Waals surface area (Å²) in [4.78, 5) is 16.3. The third-order valence-corrected chi connectivity index (χ3v) is 4.76. The minimum Gasteiger partial charge on any atom is -0.493 e. The topological polar surface area (TPSA) is 57.7 Å². The van der Waals surface area contributed by atoms with E-state index in [1.807, 2.05) is 0 Å². The Balaban J connectivity index is 1.57. The maximum atomic E-state index is 13.0. The lowest BCUT2D eigenvalue weighted by Gasteiger charge is -2.10. The number of benzene rings is 2. The van der Waals surface area contributed by atoms with Gasteiger partial charge in [0, 0.05) is 17.0 Å². The summed E-state index contributed by atoms with van der Waals surface area (Å²) >= 11 is 1.36. The smallest absolute Gasteiger partial charge is 0.387 e. The van der Waals surface area contributed by atoms with Gasteiger partial charge in [-0.25, -0.2) is 14.2 Å². The van der Waals surface area contributed by atoms with Crippen LogP contribution in [0.5, 0.6) is 11.5 Å². The van der Waals surface area contributed by atoms with Crippen LogP contribution in [-0.4, -0.2) is 24.7 Å². The van der Waals surface area contributed by atoms with E-state index in [1.165, 1.54) is 60.9 Å². The Morgan fingerprint density at radius 1 is 1.17 bits per heavy atom. The van der Waals surface area contributed by atoms with Crippen LogP contribution in [0.4, 0.5) is 13.2 Å². The van der Waals surface area contributed by atoms with Crippen LogP contribution in [0.2, 0.25) is 0 Å². The number of aromatic nitrogens is 1. The highest BCUT2D eigenvalue weighted by Crippen LogP contribution is 2.30. The fourth-order valence-corrected chi connectivity index (χ4v) is 3.25. The summed E-state index contributed by atoms with van der Waals surface area (Å²) in [5, 5.41) is 2.44. The van der Waals surface area contributed by atoms with Crippen molar-refractivity contribution in [2.24, 2.45) is 0 Å². The van der Waals surface area contributed by atoms with Gasteiger partial charge in [0.2, 0.25) is 0 Å². The number of nitrogens with zero attached hydrogens (tertiary/aromatic N) is 1. The van der Waals surface area contributed by atoms with Gasteiger partial charge in [0.15, 0.2) is 11.5 Å². The van der Waals surface area contributed by atoms with E-state index in [1.54, 1.807) is 17.5 Å². The molecule has 1 heterocycles. The van der Waals surface area contributed by atoms with Crippen molar-refractivity contribution in [3.05, 3.63) is 71.0 Å². The first-order chi connectivity index (χ1) is 14.4. The second kappa shape index (κ2) is 9.93. The molecule has 0 unspecified atom stereocenters. The summed E-state index contributed by atoms with van der Waals surface area (Å²) in [6, 6.07) is 10.2. The van der Waals surface area contributed by atoms with E-state index in [9.17, 15) is 18.0 Å². The lowest BCUT2D eigenvalue weighted by molar-refractivity contribution is -0.139. The average Bonchev–Trinajstić information content (AvgIpc) is 3.20. The van der Waals surface area contributed by atoms with Crippen molar-refractivity contribution in [3.8, 4) is 22.1 Å². The average molecular weight is 435 g/mol. The number of thiazole rings is 1. The van der Waals surface area contributed by atoms with Crippen LogP contribution < -0.4 is 9.47 Å². The molecule has 0 bridgehead atoms. The summed E-state index contributed by atoms with van der Waals surface area (Å²) in [5.74, 6) is -0.919. The molecule has 0 spiro atoms. The molecule has 0 aliphatic heterocycles. The van der Waals surface area contributed by atoms with E-state index in [-0.39, 0.29) is 23.9 Å². The van der Waals surface area contributed by atoms with Crippen molar-refractivity contribution in [3.63, 3.8) is 0 Å². The number of hydrogen-bond donors (Lipinski definition) is 0. The van der Waals surface area contributed by atoms with Crippen molar-refractivity contribution in [2.45, 2.75) is 13.2 Å². The van der Waals surface area contributed by atoms with Crippen LogP contribution in [0.3, 0.4) is 0 Å². The molecule has 0 radical (unpaired) electrons. The van der Waals surface area contributed by atoms with Gasteiger partial charge >= 0.3 is 12.6 Å². The van der Waals surface area contributed by atoms with Gasteiger partial charge in [-0.15, -0.1) is 11.3 Å². The maximum Gasteiger partial charge on any atom is 0.387 e. The Bertz CT molecular complexity index is 1030. The Kier molecular flexibility index (Phi) is 7.08. The standard InChI is InChI=1S/C21H16F3NO4S/c1-27-18-10-13(2-8-17(18)29-21(23)24)3-9-19(26)28-11-16-12-30-20(25-16)14-4-6-15(22)7-5-14/h2-10,12,21H,11H2,1H3/b9-3+. The van der Waals surface area contributed by atoms with Crippen LogP contribution in [0, 0.1) is 5.82 Å². The second-order valence-corrected chi connectivity index (χ2v) is 6.74. The van der Waals surface area contributed by atoms with Gasteiger partial charge in [-0.1, -0.05) is 6.07 Å². The molecule has 0 amide bonds. The summed E-state index contributed by atoms with van der Waals surface area (Å²) in [6.45, 7) is -2.99. The zero-order valence-corrected chi connectivity index (χ0v) is 16.5. The van der Waals surface area contributed by atoms with E-state index in [2.05, 4.69) is 9.72 Å². The fourth-order valence-electron chi connectivity index (χ4n) is 2.44. The number of methoxy groups -OCH3 is 1. The van der Waals surface area contributed by atoms with Crippen LogP contribution in [0.15, 0.2) is 53.9 Å². The number of carbonyl (C=O) groups is 1. The maximum absolute atomic E-state index is 13.0. The van der Waals surface area contributed by atoms with E-state index >= 15 is 0 Å². The molecular weight excluding hydrogens is 419 g/mol. The molecule has 156 valence electrons. The van der Waals surface area contributed by atoms with Crippen LogP contribution in [0.25, 0.3) is 16.6 Å². The lowest BCUT2D eigenvalue weighted by atomic mass is 10.2. The Morgan fingerprint density at radius 2 is 1.93 bits per heavy atom. The van der Waals surface area contributed by atoms with Gasteiger partial charge in [-0.05, 0) is 48.0 Å². The number of ether oxygens (including phenoxy) is 3. The van der Waals surface area contributed by atoms with Gasteiger partial charge in [-0.3, -0.25) is 0 Å². The summed E-state index contributed by atoms with van der Waals surface area (Å²) in [6.07, 6.45) is 2.66. The molecule has 3 aromatic rings. The van der Waals surface area contributed by atoms with E-state index in [4.69, 9.17) is 9.47 Å². The number of hydrogen-bond acceptors (Lipinski definition) is 6. The highest BCUT2D eigenvalue weighted by atomic mass is 32.1. The summed E-state index contributed by atoms with van der Waals surface area (Å²) in [5.41, 5.74) is 1.88. The molecule has 0 saturated carbocycles. The van der Waals surface area contributed by atoms with Gasteiger partial charge in [0.25, 0.3) is 0 Å². The summed E-state index contributed by atoms with van der Waals surface area (Å²) < 4.78 is 52.2. The highest BCUT2D eigenvalue weighted by molar-refractivity contribution is 7.13. The lowest BCUT2D eigenvalue weighted by Crippen LogP contribution is -2.03. The molecule has 2 aromatic carbocycles. The van der Waals surface area contributed by atoms with Gasteiger partial charge in [0.05, 0.1) is 12.8 Å². The van der Waals surface area contributed by atoms with Gasteiger partial charge < -0.3 is 14.2 Å². The molecule has 0 saturated heterocycles. The first kappa shape index (κ1) is 21.4. The molecule has 0 aliphatic rings. The van der Waals surface area contributed by atoms with Gasteiger partial charge in [0.1, 0.15) is 17.4 Å². The summed E-state index contributed by atoms with van der Waals surface area (Å²) in [7, 11) is 1.32. The zero-order chi connectivity index (χ0) is 21.5.